The van der Waals surface area contributed by atoms with E-state index in [2.05, 4.69) is 38.2 Å². The second-order valence-corrected chi connectivity index (χ2v) is 10.6. The molecule has 6 rings (SSSR count). The number of aromatic nitrogens is 3. The summed E-state index contributed by atoms with van der Waals surface area (Å²) >= 11 is 3.37. The first-order valence-electron chi connectivity index (χ1n) is 12.5. The van der Waals surface area contributed by atoms with Crippen LogP contribution in [0.15, 0.2) is 70.1 Å². The fraction of sp³-hybridized carbons (Fsp3) is 0.286. The summed E-state index contributed by atoms with van der Waals surface area (Å²) in [6, 6.07) is 16.4. The third kappa shape index (κ3) is 4.48. The van der Waals surface area contributed by atoms with E-state index >= 15 is 0 Å². The number of likely N-dealkylation sites (N-methyl/N-ethyl adjacent to an activating group) is 2. The molecule has 0 spiro atoms. The number of carbonyl (C=O) groups excluding carboxylic acids is 1. The lowest BCUT2D eigenvalue weighted by Crippen LogP contribution is -2.42. The summed E-state index contributed by atoms with van der Waals surface area (Å²) in [5.74, 6) is 0.228. The van der Waals surface area contributed by atoms with Crippen molar-refractivity contribution in [2.24, 2.45) is 0 Å². The van der Waals surface area contributed by atoms with Crippen LogP contribution in [0.4, 0.5) is 17.3 Å². The minimum atomic E-state index is -0.724. The van der Waals surface area contributed by atoms with Crippen LogP contribution in [0.25, 0.3) is 11.0 Å². The van der Waals surface area contributed by atoms with Crippen molar-refractivity contribution < 1.29 is 9.53 Å². The summed E-state index contributed by atoms with van der Waals surface area (Å²) in [4.78, 5) is 40.4. The molecule has 2 aromatic carbocycles. The first-order valence-corrected chi connectivity index (χ1v) is 13.3. The Bertz CT molecular complexity index is 1590. The van der Waals surface area contributed by atoms with Crippen molar-refractivity contribution in [3.8, 4) is 0 Å². The summed E-state index contributed by atoms with van der Waals surface area (Å²) in [5, 5.41) is 3.90. The van der Waals surface area contributed by atoms with Gasteiger partial charge in [0.05, 0.1) is 17.2 Å². The monoisotopic (exact) mass is 574 g/mol. The minimum absolute atomic E-state index is 0.0453. The molecule has 0 aliphatic carbocycles. The molecule has 2 aliphatic rings. The predicted octanol–water partition coefficient (Wildman–Crippen LogP) is 4.17. The number of hydrogen-bond acceptors (Lipinski definition) is 8. The first kappa shape index (κ1) is 24.7. The van der Waals surface area contributed by atoms with Gasteiger partial charge in [-0.1, -0.05) is 24.3 Å². The number of morpholine rings is 1. The molecule has 10 heteroatoms. The van der Waals surface area contributed by atoms with Crippen molar-refractivity contribution in [1.29, 1.82) is 0 Å². The van der Waals surface area contributed by atoms with Crippen LogP contribution in [0.5, 0.6) is 0 Å². The number of para-hydroxylation sites is 1. The number of nitrogens with one attached hydrogen (secondary N) is 1. The van der Waals surface area contributed by atoms with Crippen LogP contribution in [0.3, 0.4) is 0 Å². The summed E-state index contributed by atoms with van der Waals surface area (Å²) in [6.45, 7) is 2.86. The number of nitrogens with zero attached hydrogens (tertiary/aromatic N) is 5. The van der Waals surface area contributed by atoms with Gasteiger partial charge in [0, 0.05) is 55.2 Å². The Labute approximate surface area is 228 Å². The quantitative estimate of drug-likeness (QED) is 0.388. The van der Waals surface area contributed by atoms with E-state index in [1.165, 1.54) is 4.57 Å². The smallest absolute Gasteiger partial charge is 0.267 e. The van der Waals surface area contributed by atoms with E-state index in [-0.39, 0.29) is 17.4 Å². The summed E-state index contributed by atoms with van der Waals surface area (Å²) in [7, 11) is 4.02. The fourth-order valence-electron chi connectivity index (χ4n) is 5.16. The molecule has 9 nitrogen and oxygen atoms in total. The van der Waals surface area contributed by atoms with E-state index in [0.717, 1.165) is 36.6 Å². The van der Waals surface area contributed by atoms with E-state index in [1.54, 1.807) is 18.3 Å². The molecule has 1 N–H and O–H groups in total. The number of benzene rings is 2. The van der Waals surface area contributed by atoms with Gasteiger partial charge in [-0.3, -0.25) is 14.2 Å². The predicted molar refractivity (Wildman–Crippen MR) is 150 cm³/mol. The summed E-state index contributed by atoms with van der Waals surface area (Å²) < 4.78 is 7.76. The van der Waals surface area contributed by atoms with E-state index in [4.69, 9.17) is 9.72 Å². The number of ketones is 1. The molecule has 194 valence electrons. The van der Waals surface area contributed by atoms with E-state index < -0.39 is 6.04 Å². The number of halogens is 1. The SMILES string of the molecule is CN1CCOC(c2ccc(Nc3ncc4cc(Br)c(=O)n(C5CN(C)c6ccccc6C5=O)c4n3)cc2)C1. The maximum absolute atomic E-state index is 13.6. The molecular weight excluding hydrogens is 548 g/mol. The van der Waals surface area contributed by atoms with Crippen LogP contribution in [0.2, 0.25) is 0 Å². The zero-order chi connectivity index (χ0) is 26.4. The Hall–Kier alpha value is -3.60. The maximum Gasteiger partial charge on any atom is 0.267 e. The largest absolute Gasteiger partial charge is 0.371 e. The molecule has 4 heterocycles. The zero-order valence-corrected chi connectivity index (χ0v) is 22.7. The highest BCUT2D eigenvalue weighted by atomic mass is 79.9. The number of rotatable bonds is 4. The third-order valence-electron chi connectivity index (χ3n) is 7.18. The molecule has 0 bridgehead atoms. The van der Waals surface area contributed by atoms with Crippen LogP contribution >= 0.6 is 15.9 Å². The molecule has 2 atom stereocenters. The van der Waals surface area contributed by atoms with Gasteiger partial charge < -0.3 is 19.9 Å². The number of carbonyl (C=O) groups is 1. The van der Waals surface area contributed by atoms with Gasteiger partial charge in [-0.2, -0.15) is 4.98 Å². The van der Waals surface area contributed by atoms with Gasteiger partial charge >= 0.3 is 0 Å². The highest BCUT2D eigenvalue weighted by Crippen LogP contribution is 2.32. The fourth-order valence-corrected chi connectivity index (χ4v) is 5.60. The molecule has 2 unspecified atom stereocenters. The highest BCUT2D eigenvalue weighted by molar-refractivity contribution is 9.10. The van der Waals surface area contributed by atoms with E-state index in [0.29, 0.717) is 33.6 Å². The topological polar surface area (TPSA) is 92.6 Å². The van der Waals surface area contributed by atoms with Gasteiger partial charge in [0.1, 0.15) is 11.7 Å². The lowest BCUT2D eigenvalue weighted by atomic mass is 9.96. The number of ether oxygens (including phenoxy) is 1. The molecule has 1 fully saturated rings. The molecule has 2 aliphatic heterocycles. The van der Waals surface area contributed by atoms with Crippen LogP contribution in [-0.2, 0) is 4.74 Å². The van der Waals surface area contributed by atoms with Gasteiger partial charge in [-0.15, -0.1) is 0 Å². The second kappa shape index (κ2) is 9.94. The van der Waals surface area contributed by atoms with Crippen molar-refractivity contribution >= 4 is 50.1 Å². The van der Waals surface area contributed by atoms with E-state index in [1.807, 2.05) is 54.4 Å². The zero-order valence-electron chi connectivity index (χ0n) is 21.1. The molecule has 4 aromatic rings. The highest BCUT2D eigenvalue weighted by Gasteiger charge is 2.33. The van der Waals surface area contributed by atoms with Crippen molar-refractivity contribution in [2.45, 2.75) is 12.1 Å². The molecule has 0 saturated carbocycles. The van der Waals surface area contributed by atoms with Crippen LogP contribution in [0, 0.1) is 0 Å². The number of anilines is 3. The minimum Gasteiger partial charge on any atom is -0.371 e. The van der Waals surface area contributed by atoms with Crippen molar-refractivity contribution in [3.05, 3.63) is 86.7 Å². The van der Waals surface area contributed by atoms with Gasteiger partial charge in [0.2, 0.25) is 5.95 Å². The lowest BCUT2D eigenvalue weighted by molar-refractivity contribution is -0.0208. The Morgan fingerprint density at radius 1 is 1.05 bits per heavy atom. The molecule has 0 radical (unpaired) electrons. The van der Waals surface area contributed by atoms with Crippen LogP contribution in [0.1, 0.15) is 28.1 Å². The van der Waals surface area contributed by atoms with E-state index in [9.17, 15) is 9.59 Å². The second-order valence-electron chi connectivity index (χ2n) is 9.79. The van der Waals surface area contributed by atoms with Crippen molar-refractivity contribution in [2.75, 3.05) is 50.6 Å². The number of hydrogen-bond donors (Lipinski definition) is 1. The van der Waals surface area contributed by atoms with Gasteiger partial charge in [0.25, 0.3) is 5.56 Å². The molecule has 0 amide bonds. The van der Waals surface area contributed by atoms with Gasteiger partial charge in [0.15, 0.2) is 5.78 Å². The third-order valence-corrected chi connectivity index (χ3v) is 7.75. The molecule has 2 aromatic heterocycles. The Balaban J connectivity index is 1.34. The number of pyridine rings is 1. The average molecular weight is 575 g/mol. The molecule has 38 heavy (non-hydrogen) atoms. The number of Topliss-reactive ketones (excluding diaryl/α,β-unsaturated/α-hetero) is 1. The Morgan fingerprint density at radius 3 is 2.63 bits per heavy atom. The van der Waals surface area contributed by atoms with Gasteiger partial charge in [-0.25, -0.2) is 4.98 Å². The average Bonchev–Trinajstić information content (AvgIpc) is 2.92. The van der Waals surface area contributed by atoms with Crippen molar-refractivity contribution in [3.63, 3.8) is 0 Å². The first-order chi connectivity index (χ1) is 18.4. The summed E-state index contributed by atoms with van der Waals surface area (Å²) in [5.41, 5.74) is 3.46. The van der Waals surface area contributed by atoms with Crippen LogP contribution < -0.4 is 15.8 Å². The van der Waals surface area contributed by atoms with Gasteiger partial charge in [-0.05, 0) is 58.9 Å². The Kier molecular flexibility index (Phi) is 6.46. The summed E-state index contributed by atoms with van der Waals surface area (Å²) in [6.07, 6.45) is 1.71. The normalized spacial score (nSPS) is 20.0. The van der Waals surface area contributed by atoms with Crippen molar-refractivity contribution in [1.82, 2.24) is 19.4 Å². The Morgan fingerprint density at radius 2 is 1.84 bits per heavy atom. The molecular formula is C28H27BrN6O3. The standard InChI is InChI=1S/C28H27BrN6O3/c1-33-11-12-38-24(16-33)17-7-9-19(10-8-17)31-28-30-14-18-13-21(29)27(37)35(26(18)32-28)23-15-34(2)22-6-4-3-5-20(22)25(23)36/h3-10,13-14,23-24H,11-12,15-16H2,1-2H3,(H,30,31,32). The maximum atomic E-state index is 13.6. The number of fused-ring (bicyclic) bond motifs is 2. The molecule has 1 saturated heterocycles. The lowest BCUT2D eigenvalue weighted by Gasteiger charge is -2.33. The van der Waals surface area contributed by atoms with Crippen LogP contribution in [-0.4, -0.2) is 65.6 Å².